The highest BCUT2D eigenvalue weighted by Gasteiger charge is 2.69. The molecule has 0 aromatic carbocycles. The Labute approximate surface area is 125 Å². The summed E-state index contributed by atoms with van der Waals surface area (Å²) in [5, 5.41) is 10.4. The fraction of sp³-hybridized carbons (Fsp3) is 0.632. The SMILES string of the molecule is CC12C=CC3=C4CCC(=O)C=C4CCC3[C@@H]3C(CC1O)C32. The number of rotatable bonds is 0. The van der Waals surface area contributed by atoms with Crippen LogP contribution in [0, 0.1) is 29.1 Å². The van der Waals surface area contributed by atoms with E-state index in [9.17, 15) is 9.90 Å². The summed E-state index contributed by atoms with van der Waals surface area (Å²) in [7, 11) is 0. The summed E-state index contributed by atoms with van der Waals surface area (Å²) >= 11 is 0. The topological polar surface area (TPSA) is 37.3 Å². The number of hydrogen-bond donors (Lipinski definition) is 1. The largest absolute Gasteiger partial charge is 0.392 e. The second-order valence-electron chi connectivity index (χ2n) is 7.93. The Balaban J connectivity index is 1.65. The molecule has 0 amide bonds. The van der Waals surface area contributed by atoms with E-state index in [1.165, 1.54) is 23.1 Å². The quantitative estimate of drug-likeness (QED) is 0.741. The molecular weight excluding hydrogens is 260 g/mol. The molecule has 2 nitrogen and oxygen atoms in total. The Bertz CT molecular complexity index is 638. The highest BCUT2D eigenvalue weighted by Crippen LogP contribution is 2.72. The average molecular weight is 282 g/mol. The van der Waals surface area contributed by atoms with Gasteiger partial charge in [0, 0.05) is 11.8 Å². The Morgan fingerprint density at radius 2 is 2.14 bits per heavy atom. The first-order valence-corrected chi connectivity index (χ1v) is 8.44. The molecule has 5 aliphatic rings. The van der Waals surface area contributed by atoms with Crippen molar-refractivity contribution < 1.29 is 9.90 Å². The van der Waals surface area contributed by atoms with E-state index in [0.717, 1.165) is 31.1 Å². The number of aliphatic hydroxyl groups is 1. The highest BCUT2D eigenvalue weighted by atomic mass is 16.3. The molecule has 5 aliphatic carbocycles. The zero-order valence-corrected chi connectivity index (χ0v) is 12.5. The van der Waals surface area contributed by atoms with Crippen molar-refractivity contribution in [1.29, 1.82) is 0 Å². The molecule has 0 saturated heterocycles. The summed E-state index contributed by atoms with van der Waals surface area (Å²) in [5.74, 6) is 3.21. The lowest BCUT2D eigenvalue weighted by Crippen LogP contribution is -2.30. The van der Waals surface area contributed by atoms with E-state index in [1.807, 2.05) is 6.08 Å². The monoisotopic (exact) mass is 282 g/mol. The van der Waals surface area contributed by atoms with E-state index in [2.05, 4.69) is 19.1 Å². The van der Waals surface area contributed by atoms with Crippen molar-refractivity contribution in [1.82, 2.24) is 0 Å². The van der Waals surface area contributed by atoms with Crippen molar-refractivity contribution in [3.8, 4) is 0 Å². The number of aliphatic hydroxyl groups excluding tert-OH is 1. The predicted octanol–water partition coefficient (Wildman–Crippen LogP) is 3.19. The molecule has 21 heavy (non-hydrogen) atoms. The van der Waals surface area contributed by atoms with Gasteiger partial charge in [0.05, 0.1) is 6.10 Å². The van der Waals surface area contributed by atoms with Gasteiger partial charge >= 0.3 is 0 Å². The summed E-state index contributed by atoms with van der Waals surface area (Å²) in [6, 6.07) is 0. The number of carbonyl (C=O) groups is 1. The number of carbonyl (C=O) groups excluding carboxylic acids is 1. The van der Waals surface area contributed by atoms with E-state index in [4.69, 9.17) is 0 Å². The van der Waals surface area contributed by atoms with Gasteiger partial charge in [-0.1, -0.05) is 19.1 Å². The number of allylic oxidation sites excluding steroid dienone is 5. The van der Waals surface area contributed by atoms with Crippen LogP contribution >= 0.6 is 0 Å². The Morgan fingerprint density at radius 3 is 3.00 bits per heavy atom. The summed E-state index contributed by atoms with van der Waals surface area (Å²) in [4.78, 5) is 11.7. The maximum Gasteiger partial charge on any atom is 0.156 e. The lowest BCUT2D eigenvalue weighted by Gasteiger charge is -2.32. The van der Waals surface area contributed by atoms with Gasteiger partial charge in [0.15, 0.2) is 5.78 Å². The molecule has 5 rings (SSSR count). The zero-order chi connectivity index (χ0) is 14.4. The van der Waals surface area contributed by atoms with Gasteiger partial charge in [0.2, 0.25) is 0 Å². The third-order valence-corrected chi connectivity index (χ3v) is 7.06. The summed E-state index contributed by atoms with van der Waals surface area (Å²) in [6.45, 7) is 2.25. The molecular formula is C19H22O2. The molecule has 2 heteroatoms. The molecule has 2 saturated carbocycles. The van der Waals surface area contributed by atoms with E-state index in [1.54, 1.807) is 0 Å². The van der Waals surface area contributed by atoms with Gasteiger partial charge in [0.25, 0.3) is 0 Å². The normalized spacial score (nSPS) is 50.1. The van der Waals surface area contributed by atoms with Gasteiger partial charge in [-0.05, 0) is 72.2 Å². The van der Waals surface area contributed by atoms with Crippen LogP contribution in [0.1, 0.15) is 39.0 Å². The number of ketones is 1. The van der Waals surface area contributed by atoms with E-state index >= 15 is 0 Å². The number of hydrogen-bond acceptors (Lipinski definition) is 2. The van der Waals surface area contributed by atoms with Gasteiger partial charge in [0.1, 0.15) is 0 Å². The van der Waals surface area contributed by atoms with Crippen LogP contribution in [0.4, 0.5) is 0 Å². The van der Waals surface area contributed by atoms with Crippen molar-refractivity contribution >= 4 is 5.78 Å². The molecule has 0 radical (unpaired) electrons. The molecule has 110 valence electrons. The van der Waals surface area contributed by atoms with Crippen molar-refractivity contribution in [2.45, 2.75) is 45.1 Å². The third kappa shape index (κ3) is 1.45. The zero-order valence-electron chi connectivity index (χ0n) is 12.5. The van der Waals surface area contributed by atoms with Crippen molar-refractivity contribution in [2.75, 3.05) is 0 Å². The van der Waals surface area contributed by atoms with E-state index in [0.29, 0.717) is 24.0 Å². The van der Waals surface area contributed by atoms with Gasteiger partial charge < -0.3 is 5.11 Å². The van der Waals surface area contributed by atoms with E-state index in [-0.39, 0.29) is 11.5 Å². The van der Waals surface area contributed by atoms with Crippen molar-refractivity contribution in [3.63, 3.8) is 0 Å². The van der Waals surface area contributed by atoms with Crippen LogP contribution in [0.2, 0.25) is 0 Å². The molecule has 0 heterocycles. The Hall–Kier alpha value is -1.15. The molecule has 0 aromatic rings. The predicted molar refractivity (Wildman–Crippen MR) is 80.4 cm³/mol. The van der Waals surface area contributed by atoms with Crippen LogP contribution < -0.4 is 0 Å². The second kappa shape index (κ2) is 3.78. The maximum absolute atomic E-state index is 11.7. The van der Waals surface area contributed by atoms with Crippen molar-refractivity contribution in [2.24, 2.45) is 29.1 Å². The molecule has 0 bridgehead atoms. The van der Waals surface area contributed by atoms with Gasteiger partial charge in [-0.2, -0.15) is 0 Å². The van der Waals surface area contributed by atoms with Crippen LogP contribution in [0.5, 0.6) is 0 Å². The molecule has 6 atom stereocenters. The smallest absolute Gasteiger partial charge is 0.156 e. The maximum atomic E-state index is 11.7. The summed E-state index contributed by atoms with van der Waals surface area (Å²) in [6.07, 6.45) is 11.3. The van der Waals surface area contributed by atoms with Crippen LogP contribution in [-0.4, -0.2) is 17.0 Å². The lowest BCUT2D eigenvalue weighted by molar-refractivity contribution is -0.114. The minimum Gasteiger partial charge on any atom is -0.392 e. The van der Waals surface area contributed by atoms with Crippen molar-refractivity contribution in [3.05, 3.63) is 34.9 Å². The van der Waals surface area contributed by atoms with Gasteiger partial charge in [-0.15, -0.1) is 0 Å². The van der Waals surface area contributed by atoms with Crippen LogP contribution in [-0.2, 0) is 4.79 Å². The van der Waals surface area contributed by atoms with E-state index < -0.39 is 0 Å². The first-order valence-electron chi connectivity index (χ1n) is 8.44. The summed E-state index contributed by atoms with van der Waals surface area (Å²) in [5.41, 5.74) is 4.27. The summed E-state index contributed by atoms with van der Waals surface area (Å²) < 4.78 is 0. The fourth-order valence-corrected chi connectivity index (χ4v) is 5.98. The van der Waals surface area contributed by atoms with Crippen LogP contribution in [0.15, 0.2) is 34.9 Å². The minimum absolute atomic E-state index is 0.00536. The first kappa shape index (κ1) is 12.4. The minimum atomic E-state index is -0.159. The second-order valence-corrected chi connectivity index (χ2v) is 7.93. The van der Waals surface area contributed by atoms with Gasteiger partial charge in [-0.25, -0.2) is 0 Å². The Morgan fingerprint density at radius 1 is 1.29 bits per heavy atom. The fourth-order valence-electron chi connectivity index (χ4n) is 5.98. The molecule has 1 N–H and O–H groups in total. The number of fused-ring (bicyclic) bond motifs is 4. The third-order valence-electron chi connectivity index (χ3n) is 7.06. The standard InChI is InChI=1S/C19H22O2/c1-19-7-6-13-12-5-3-11(20)8-10(12)2-4-14(13)17-15(18(17)19)9-16(19)21/h6-8,14-18,21H,2-5,9H2,1H3/t14?,15?,16?,17-,18?,19?/m1/s1. The molecule has 0 aliphatic heterocycles. The molecule has 2 fully saturated rings. The molecule has 0 spiro atoms. The van der Waals surface area contributed by atoms with Crippen LogP contribution in [0.3, 0.4) is 0 Å². The molecule has 5 unspecified atom stereocenters. The highest BCUT2D eigenvalue weighted by molar-refractivity contribution is 5.93. The van der Waals surface area contributed by atoms with Crippen LogP contribution in [0.25, 0.3) is 0 Å². The Kier molecular flexibility index (Phi) is 2.23. The average Bonchev–Trinajstić information content (AvgIpc) is 3.12. The van der Waals surface area contributed by atoms with Gasteiger partial charge in [-0.3, -0.25) is 4.79 Å². The molecule has 0 aromatic heterocycles. The lowest BCUT2D eigenvalue weighted by atomic mass is 9.73. The first-order chi connectivity index (χ1) is 10.1.